The number of ether oxygens (including phenoxy) is 1. The molecule has 3 nitrogen and oxygen atoms in total. The third-order valence-electron chi connectivity index (χ3n) is 4.27. The smallest absolute Gasteiger partial charge is 0.162 e. The Morgan fingerprint density at radius 1 is 1.21 bits per heavy atom. The Labute approximate surface area is 115 Å². The molecule has 1 aliphatic carbocycles. The van der Waals surface area contributed by atoms with Crippen LogP contribution in [0.1, 0.15) is 63.0 Å². The van der Waals surface area contributed by atoms with Gasteiger partial charge in [-0.05, 0) is 36.5 Å². The van der Waals surface area contributed by atoms with E-state index >= 15 is 0 Å². The lowest BCUT2D eigenvalue weighted by Gasteiger charge is -2.35. The Kier molecular flexibility index (Phi) is 4.04. The normalized spacial score (nSPS) is 18.6. The number of hydrogen-bond donors (Lipinski definition) is 2. The molecule has 106 valence electrons. The van der Waals surface area contributed by atoms with Crippen LogP contribution in [0, 0.1) is 0 Å². The zero-order valence-electron chi connectivity index (χ0n) is 12.2. The molecule has 3 N–H and O–H groups in total. The van der Waals surface area contributed by atoms with Crippen LogP contribution in [0.5, 0.6) is 11.5 Å². The molecule has 1 saturated carbocycles. The first-order valence-electron chi connectivity index (χ1n) is 7.18. The summed E-state index contributed by atoms with van der Waals surface area (Å²) in [5.74, 6) is 1.15. The SMILES string of the molecule is COc1cc(C(C)C)cc(C2(N)CCCCC2)c1O. The highest BCUT2D eigenvalue weighted by Gasteiger charge is 2.33. The summed E-state index contributed by atoms with van der Waals surface area (Å²) in [7, 11) is 1.59. The van der Waals surface area contributed by atoms with Crippen molar-refractivity contribution < 1.29 is 9.84 Å². The molecule has 0 unspecified atom stereocenters. The van der Waals surface area contributed by atoms with Crippen LogP contribution in [0.25, 0.3) is 0 Å². The zero-order chi connectivity index (χ0) is 14.0. The Hall–Kier alpha value is -1.22. The fourth-order valence-electron chi connectivity index (χ4n) is 2.95. The number of phenols is 1. The predicted octanol–water partition coefficient (Wildman–Crippen LogP) is 3.64. The van der Waals surface area contributed by atoms with Crippen molar-refractivity contribution in [3.05, 3.63) is 23.3 Å². The first-order valence-corrected chi connectivity index (χ1v) is 7.18. The summed E-state index contributed by atoms with van der Waals surface area (Å²) in [6.45, 7) is 4.28. The number of rotatable bonds is 3. The van der Waals surface area contributed by atoms with Gasteiger partial charge in [0.25, 0.3) is 0 Å². The monoisotopic (exact) mass is 263 g/mol. The second kappa shape index (κ2) is 5.41. The molecule has 0 amide bonds. The highest BCUT2D eigenvalue weighted by Crippen LogP contribution is 2.44. The van der Waals surface area contributed by atoms with Gasteiger partial charge in [-0.3, -0.25) is 0 Å². The molecule has 1 aliphatic rings. The van der Waals surface area contributed by atoms with E-state index in [4.69, 9.17) is 10.5 Å². The van der Waals surface area contributed by atoms with E-state index in [0.717, 1.165) is 31.2 Å². The Morgan fingerprint density at radius 3 is 2.37 bits per heavy atom. The van der Waals surface area contributed by atoms with Gasteiger partial charge in [-0.15, -0.1) is 0 Å². The molecule has 19 heavy (non-hydrogen) atoms. The first-order chi connectivity index (χ1) is 8.98. The van der Waals surface area contributed by atoms with E-state index in [0.29, 0.717) is 11.7 Å². The average Bonchev–Trinajstić information content (AvgIpc) is 2.39. The molecule has 3 heteroatoms. The van der Waals surface area contributed by atoms with Crippen molar-refractivity contribution in [2.45, 2.75) is 57.4 Å². The summed E-state index contributed by atoms with van der Waals surface area (Å²) in [4.78, 5) is 0. The third kappa shape index (κ3) is 2.71. The minimum atomic E-state index is -0.402. The molecule has 0 heterocycles. The molecule has 0 atom stereocenters. The van der Waals surface area contributed by atoms with Crippen molar-refractivity contribution in [3.8, 4) is 11.5 Å². The lowest BCUT2D eigenvalue weighted by atomic mass is 9.76. The summed E-state index contributed by atoms with van der Waals surface area (Å²) in [6.07, 6.45) is 5.37. The quantitative estimate of drug-likeness (QED) is 0.875. The molecule has 0 spiro atoms. The second-order valence-corrected chi connectivity index (χ2v) is 5.99. The standard InChI is InChI=1S/C16H25NO2/c1-11(2)12-9-13(15(18)14(10-12)19-3)16(17)7-5-4-6-8-16/h9-11,18H,4-8,17H2,1-3H3. The highest BCUT2D eigenvalue weighted by atomic mass is 16.5. The van der Waals surface area contributed by atoms with Crippen molar-refractivity contribution >= 4 is 0 Å². The van der Waals surface area contributed by atoms with Gasteiger partial charge in [-0.25, -0.2) is 0 Å². The van der Waals surface area contributed by atoms with Crippen molar-refractivity contribution in [1.82, 2.24) is 0 Å². The van der Waals surface area contributed by atoms with Crippen LogP contribution < -0.4 is 10.5 Å². The van der Waals surface area contributed by atoms with Crippen LogP contribution in [-0.4, -0.2) is 12.2 Å². The lowest BCUT2D eigenvalue weighted by molar-refractivity contribution is 0.286. The molecule has 0 aliphatic heterocycles. The van der Waals surface area contributed by atoms with Gasteiger partial charge >= 0.3 is 0 Å². The maximum Gasteiger partial charge on any atom is 0.162 e. The highest BCUT2D eigenvalue weighted by molar-refractivity contribution is 5.52. The number of aromatic hydroxyl groups is 1. The molecule has 1 aromatic carbocycles. The molecule has 0 radical (unpaired) electrons. The average molecular weight is 263 g/mol. The van der Waals surface area contributed by atoms with Crippen LogP contribution in [0.3, 0.4) is 0 Å². The minimum absolute atomic E-state index is 0.219. The molecule has 1 fully saturated rings. The fraction of sp³-hybridized carbons (Fsp3) is 0.625. The van der Waals surface area contributed by atoms with Crippen LogP contribution >= 0.6 is 0 Å². The fourth-order valence-corrected chi connectivity index (χ4v) is 2.95. The van der Waals surface area contributed by atoms with Crippen LogP contribution in [-0.2, 0) is 5.54 Å². The first kappa shape index (κ1) is 14.2. The van der Waals surface area contributed by atoms with E-state index in [1.165, 1.54) is 12.0 Å². The maximum absolute atomic E-state index is 10.4. The minimum Gasteiger partial charge on any atom is -0.504 e. The van der Waals surface area contributed by atoms with E-state index in [2.05, 4.69) is 19.9 Å². The third-order valence-corrected chi connectivity index (χ3v) is 4.27. The zero-order valence-corrected chi connectivity index (χ0v) is 12.2. The summed E-state index contributed by atoms with van der Waals surface area (Å²) < 4.78 is 5.31. The van der Waals surface area contributed by atoms with Gasteiger partial charge in [0.05, 0.1) is 7.11 Å². The van der Waals surface area contributed by atoms with Gasteiger partial charge in [-0.2, -0.15) is 0 Å². The van der Waals surface area contributed by atoms with Gasteiger partial charge in [0.2, 0.25) is 0 Å². The maximum atomic E-state index is 10.4. The topological polar surface area (TPSA) is 55.5 Å². The van der Waals surface area contributed by atoms with E-state index in [1.807, 2.05) is 6.07 Å². The number of phenolic OH excluding ortho intramolecular Hbond substituents is 1. The molecule has 1 aromatic rings. The summed E-state index contributed by atoms with van der Waals surface area (Å²) in [6, 6.07) is 3.98. The molecule has 0 aromatic heterocycles. The van der Waals surface area contributed by atoms with Gasteiger partial charge in [-0.1, -0.05) is 33.1 Å². The van der Waals surface area contributed by atoms with Crippen molar-refractivity contribution in [3.63, 3.8) is 0 Å². The second-order valence-electron chi connectivity index (χ2n) is 5.99. The molecule has 0 bridgehead atoms. The van der Waals surface area contributed by atoms with E-state index in [9.17, 15) is 5.11 Å². The Bertz CT molecular complexity index is 448. The Balaban J connectivity index is 2.51. The molecular formula is C16H25NO2. The molecule has 2 rings (SSSR count). The van der Waals surface area contributed by atoms with Gasteiger partial charge in [0.15, 0.2) is 11.5 Å². The van der Waals surface area contributed by atoms with Crippen molar-refractivity contribution in [2.75, 3.05) is 7.11 Å². The van der Waals surface area contributed by atoms with Gasteiger partial charge in [0, 0.05) is 11.1 Å². The van der Waals surface area contributed by atoms with Crippen molar-refractivity contribution in [2.24, 2.45) is 5.73 Å². The summed E-state index contributed by atoms with van der Waals surface area (Å²) in [5, 5.41) is 10.4. The van der Waals surface area contributed by atoms with E-state index in [-0.39, 0.29) is 5.75 Å². The van der Waals surface area contributed by atoms with E-state index in [1.54, 1.807) is 7.11 Å². The van der Waals surface area contributed by atoms with Gasteiger partial charge in [0.1, 0.15) is 0 Å². The number of benzene rings is 1. The van der Waals surface area contributed by atoms with Crippen LogP contribution in [0.15, 0.2) is 12.1 Å². The summed E-state index contributed by atoms with van der Waals surface area (Å²) in [5.41, 5.74) is 8.18. The van der Waals surface area contributed by atoms with Crippen LogP contribution in [0.2, 0.25) is 0 Å². The largest absolute Gasteiger partial charge is 0.504 e. The van der Waals surface area contributed by atoms with E-state index < -0.39 is 5.54 Å². The lowest BCUT2D eigenvalue weighted by Crippen LogP contribution is -2.38. The Morgan fingerprint density at radius 2 is 1.84 bits per heavy atom. The van der Waals surface area contributed by atoms with Gasteiger partial charge < -0.3 is 15.6 Å². The number of hydrogen-bond acceptors (Lipinski definition) is 3. The molecule has 0 saturated heterocycles. The van der Waals surface area contributed by atoms with Crippen molar-refractivity contribution in [1.29, 1.82) is 0 Å². The number of methoxy groups -OCH3 is 1. The number of nitrogens with two attached hydrogens (primary N) is 1. The van der Waals surface area contributed by atoms with Crippen LogP contribution in [0.4, 0.5) is 0 Å². The molecular weight excluding hydrogens is 238 g/mol. The predicted molar refractivity (Wildman–Crippen MR) is 77.7 cm³/mol. The summed E-state index contributed by atoms with van der Waals surface area (Å²) >= 11 is 0.